The largest absolute Gasteiger partial charge is 0.378 e. The molecule has 1 aliphatic heterocycles. The number of nitrogens with one attached hydrogen (secondary N) is 1. The summed E-state index contributed by atoms with van der Waals surface area (Å²) in [5, 5.41) is 3.74. The molecule has 4 heteroatoms. The second-order valence-electron chi connectivity index (χ2n) is 4.67. The summed E-state index contributed by atoms with van der Waals surface area (Å²) in [6, 6.07) is 5.13. The van der Waals surface area contributed by atoms with E-state index in [1.165, 1.54) is 4.88 Å². The van der Waals surface area contributed by atoms with Crippen LogP contribution < -0.4 is 5.32 Å². The van der Waals surface area contributed by atoms with Gasteiger partial charge in [0.25, 0.3) is 0 Å². The molecule has 1 saturated heterocycles. The third-order valence-electron chi connectivity index (χ3n) is 3.27. The molecule has 96 valence electrons. The van der Waals surface area contributed by atoms with Crippen LogP contribution in [0.4, 0.5) is 0 Å². The number of halogens is 1. The fraction of sp³-hybridized carbons (Fsp3) is 0.692. The van der Waals surface area contributed by atoms with E-state index in [-0.39, 0.29) is 0 Å². The maximum atomic E-state index is 6.00. The van der Waals surface area contributed by atoms with Crippen molar-refractivity contribution in [2.45, 2.75) is 51.3 Å². The second kappa shape index (κ2) is 6.19. The Kier molecular flexibility index (Phi) is 4.86. The second-order valence-corrected chi connectivity index (χ2v) is 6.42. The first-order valence-corrected chi connectivity index (χ1v) is 7.51. The number of rotatable bonds is 4. The lowest BCUT2D eigenvalue weighted by molar-refractivity contribution is 0.0112. The average molecular weight is 274 g/mol. The average Bonchev–Trinajstić information content (AvgIpc) is 2.73. The van der Waals surface area contributed by atoms with E-state index in [4.69, 9.17) is 16.3 Å². The highest BCUT2D eigenvalue weighted by Gasteiger charge is 2.22. The molecule has 2 rings (SSSR count). The molecule has 2 heterocycles. The topological polar surface area (TPSA) is 21.3 Å². The lowest BCUT2D eigenvalue weighted by Gasteiger charge is -2.31. The first kappa shape index (κ1) is 13.3. The van der Waals surface area contributed by atoms with Gasteiger partial charge in [0.05, 0.1) is 10.4 Å². The number of ether oxygens (including phenoxy) is 1. The zero-order valence-electron chi connectivity index (χ0n) is 10.4. The van der Waals surface area contributed by atoms with Gasteiger partial charge in [-0.15, -0.1) is 11.3 Å². The first-order chi connectivity index (χ1) is 8.19. The van der Waals surface area contributed by atoms with Crippen LogP contribution in [0.25, 0.3) is 0 Å². The molecule has 0 unspecified atom stereocenters. The molecule has 17 heavy (non-hydrogen) atoms. The normalized spacial score (nSPS) is 27.0. The van der Waals surface area contributed by atoms with Crippen LogP contribution in [0.15, 0.2) is 12.1 Å². The fourth-order valence-corrected chi connectivity index (χ4v) is 3.56. The van der Waals surface area contributed by atoms with Gasteiger partial charge in [0.15, 0.2) is 0 Å². The van der Waals surface area contributed by atoms with Crippen LogP contribution in [-0.2, 0) is 4.74 Å². The quantitative estimate of drug-likeness (QED) is 0.895. The van der Waals surface area contributed by atoms with Gasteiger partial charge in [-0.2, -0.15) is 0 Å². The highest BCUT2D eigenvalue weighted by Crippen LogP contribution is 2.29. The van der Waals surface area contributed by atoms with Crippen LogP contribution in [-0.4, -0.2) is 18.8 Å². The van der Waals surface area contributed by atoms with Gasteiger partial charge in [-0.05, 0) is 38.3 Å². The van der Waals surface area contributed by atoms with Crippen molar-refractivity contribution in [2.24, 2.45) is 0 Å². The highest BCUT2D eigenvalue weighted by molar-refractivity contribution is 7.16. The van der Waals surface area contributed by atoms with Crippen molar-refractivity contribution in [2.75, 3.05) is 6.61 Å². The smallest absolute Gasteiger partial charge is 0.0931 e. The van der Waals surface area contributed by atoms with Crippen LogP contribution in [0, 0.1) is 0 Å². The zero-order chi connectivity index (χ0) is 12.3. The molecule has 0 spiro atoms. The molecule has 1 aromatic rings. The Morgan fingerprint density at radius 1 is 1.59 bits per heavy atom. The molecule has 3 atom stereocenters. The van der Waals surface area contributed by atoms with Crippen LogP contribution in [0.3, 0.4) is 0 Å². The van der Waals surface area contributed by atoms with E-state index < -0.39 is 0 Å². The summed E-state index contributed by atoms with van der Waals surface area (Å²) in [5.74, 6) is 0. The zero-order valence-corrected chi connectivity index (χ0v) is 12.0. The van der Waals surface area contributed by atoms with E-state index in [0.29, 0.717) is 18.2 Å². The third-order valence-corrected chi connectivity index (χ3v) is 4.61. The Morgan fingerprint density at radius 3 is 3.00 bits per heavy atom. The van der Waals surface area contributed by atoms with Gasteiger partial charge in [-0.25, -0.2) is 0 Å². The van der Waals surface area contributed by atoms with Crippen LogP contribution in [0.2, 0.25) is 4.34 Å². The Hall–Kier alpha value is -0.0900. The summed E-state index contributed by atoms with van der Waals surface area (Å²) in [6.07, 6.45) is 3.70. The van der Waals surface area contributed by atoms with Gasteiger partial charge in [-0.3, -0.25) is 0 Å². The van der Waals surface area contributed by atoms with Gasteiger partial charge in [0.1, 0.15) is 0 Å². The van der Waals surface area contributed by atoms with Gasteiger partial charge in [0, 0.05) is 23.6 Å². The number of hydrogen-bond acceptors (Lipinski definition) is 3. The highest BCUT2D eigenvalue weighted by atomic mass is 35.5. The standard InChI is InChI=1S/C13H20ClNOS/c1-3-11(12-4-5-13(14)17-12)15-10-6-7-16-9(2)8-10/h4-5,9-11,15H,3,6-8H2,1-2H3/t9-,10+,11+/m1/s1. The predicted octanol–water partition coefficient (Wildman–Crippen LogP) is 4.01. The lowest BCUT2D eigenvalue weighted by atomic mass is 10.0. The number of thiophene rings is 1. The molecule has 0 amide bonds. The SMILES string of the molecule is CC[C@H](N[C@H]1CCO[C@H](C)C1)c1ccc(Cl)s1. The fourth-order valence-electron chi connectivity index (χ4n) is 2.35. The molecule has 0 aromatic carbocycles. The predicted molar refractivity (Wildman–Crippen MR) is 73.9 cm³/mol. The molecule has 0 radical (unpaired) electrons. The summed E-state index contributed by atoms with van der Waals surface area (Å²) in [5.41, 5.74) is 0. The molecule has 1 aliphatic rings. The van der Waals surface area contributed by atoms with E-state index in [1.807, 2.05) is 6.07 Å². The van der Waals surface area contributed by atoms with E-state index in [1.54, 1.807) is 11.3 Å². The molecule has 1 fully saturated rings. The monoisotopic (exact) mass is 273 g/mol. The minimum absolute atomic E-state index is 0.380. The Bertz CT molecular complexity index is 355. The van der Waals surface area contributed by atoms with Crippen LogP contribution in [0.5, 0.6) is 0 Å². The maximum Gasteiger partial charge on any atom is 0.0931 e. The lowest BCUT2D eigenvalue weighted by Crippen LogP contribution is -2.39. The van der Waals surface area contributed by atoms with Crippen molar-refractivity contribution in [3.63, 3.8) is 0 Å². The summed E-state index contributed by atoms with van der Waals surface area (Å²) >= 11 is 7.68. The maximum absolute atomic E-state index is 6.00. The molecule has 0 bridgehead atoms. The Labute approximate surface area is 112 Å². The van der Waals surface area contributed by atoms with Gasteiger partial charge >= 0.3 is 0 Å². The molecule has 0 aliphatic carbocycles. The van der Waals surface area contributed by atoms with Crippen molar-refractivity contribution >= 4 is 22.9 Å². The van der Waals surface area contributed by atoms with Crippen LogP contribution in [0.1, 0.15) is 44.0 Å². The minimum atomic E-state index is 0.380. The van der Waals surface area contributed by atoms with Crippen LogP contribution >= 0.6 is 22.9 Å². The van der Waals surface area contributed by atoms with Gasteiger partial charge in [0.2, 0.25) is 0 Å². The molecule has 0 saturated carbocycles. The van der Waals surface area contributed by atoms with E-state index in [0.717, 1.165) is 30.2 Å². The van der Waals surface area contributed by atoms with Crippen molar-refractivity contribution in [3.05, 3.63) is 21.3 Å². The van der Waals surface area contributed by atoms with Crippen molar-refractivity contribution in [1.82, 2.24) is 5.32 Å². The van der Waals surface area contributed by atoms with Crippen molar-refractivity contribution in [1.29, 1.82) is 0 Å². The summed E-state index contributed by atoms with van der Waals surface area (Å²) in [4.78, 5) is 1.34. The Morgan fingerprint density at radius 2 is 2.41 bits per heavy atom. The van der Waals surface area contributed by atoms with Gasteiger partial charge < -0.3 is 10.1 Å². The summed E-state index contributed by atoms with van der Waals surface area (Å²) in [6.45, 7) is 5.24. The molecular weight excluding hydrogens is 254 g/mol. The first-order valence-electron chi connectivity index (χ1n) is 6.32. The Balaban J connectivity index is 1.95. The summed E-state index contributed by atoms with van der Waals surface area (Å²) in [7, 11) is 0. The van der Waals surface area contributed by atoms with E-state index in [2.05, 4.69) is 25.2 Å². The summed E-state index contributed by atoms with van der Waals surface area (Å²) < 4.78 is 6.45. The van der Waals surface area contributed by atoms with E-state index >= 15 is 0 Å². The minimum Gasteiger partial charge on any atom is -0.378 e. The molecule has 1 N–H and O–H groups in total. The van der Waals surface area contributed by atoms with Gasteiger partial charge in [-0.1, -0.05) is 18.5 Å². The molecule has 1 aromatic heterocycles. The molecule has 2 nitrogen and oxygen atoms in total. The third kappa shape index (κ3) is 3.68. The molecular formula is C13H20ClNOS. The van der Waals surface area contributed by atoms with E-state index in [9.17, 15) is 0 Å². The van der Waals surface area contributed by atoms with Crippen molar-refractivity contribution in [3.8, 4) is 0 Å². The van der Waals surface area contributed by atoms with Crippen molar-refractivity contribution < 1.29 is 4.74 Å². The number of hydrogen-bond donors (Lipinski definition) is 1.